The van der Waals surface area contributed by atoms with Crippen molar-refractivity contribution in [1.29, 1.82) is 0 Å². The number of aryl methyl sites for hydroxylation is 1. The molecule has 2 rings (SSSR count). The summed E-state index contributed by atoms with van der Waals surface area (Å²) < 4.78 is 5.30. The minimum absolute atomic E-state index is 0.148. The Balaban J connectivity index is 1.74. The molecule has 4 amide bonds. The molecule has 1 atom stereocenters. The number of ether oxygens (including phenoxy) is 1. The van der Waals surface area contributed by atoms with Crippen molar-refractivity contribution in [2.45, 2.75) is 32.2 Å². The summed E-state index contributed by atoms with van der Waals surface area (Å²) in [7, 11) is 1.62. The van der Waals surface area contributed by atoms with Crippen LogP contribution in [0.5, 0.6) is 5.75 Å². The second kappa shape index (κ2) is 7.62. The van der Waals surface area contributed by atoms with Crippen molar-refractivity contribution in [1.82, 2.24) is 16.0 Å². The molecule has 1 aliphatic rings. The maximum atomic E-state index is 11.8. The van der Waals surface area contributed by atoms with Gasteiger partial charge in [0.25, 0.3) is 5.91 Å². The van der Waals surface area contributed by atoms with E-state index < -0.39 is 12.1 Å². The van der Waals surface area contributed by atoms with Gasteiger partial charge < -0.3 is 15.4 Å². The minimum Gasteiger partial charge on any atom is -0.496 e. The molecule has 0 radical (unpaired) electrons. The maximum Gasteiger partial charge on any atom is 0.322 e. The fourth-order valence-electron chi connectivity index (χ4n) is 2.47. The Morgan fingerprint density at radius 2 is 2.13 bits per heavy atom. The average Bonchev–Trinajstić information content (AvgIpc) is 2.83. The standard InChI is InChI=1S/C16H21N3O4/c1-10-3-5-13(23-2)11(9-10)7-8-17-14(20)6-4-12-15(21)19-16(22)18-12/h3,5,9,12H,4,6-8H2,1-2H3,(H,17,20)(H2,18,19,21,22)/t12-/m0/s1. The number of hydrogen-bond acceptors (Lipinski definition) is 4. The molecule has 0 bridgehead atoms. The van der Waals surface area contributed by atoms with E-state index in [0.29, 0.717) is 13.0 Å². The fraction of sp³-hybridized carbons (Fsp3) is 0.438. The Morgan fingerprint density at radius 1 is 1.35 bits per heavy atom. The van der Waals surface area contributed by atoms with Crippen molar-refractivity contribution >= 4 is 17.8 Å². The average molecular weight is 319 g/mol. The molecule has 1 fully saturated rings. The first-order valence-corrected chi connectivity index (χ1v) is 7.51. The van der Waals surface area contributed by atoms with Gasteiger partial charge in [-0.3, -0.25) is 14.9 Å². The lowest BCUT2D eigenvalue weighted by molar-refractivity contribution is -0.122. The molecule has 1 heterocycles. The second-order valence-corrected chi connectivity index (χ2v) is 5.47. The van der Waals surface area contributed by atoms with Crippen LogP contribution in [0.4, 0.5) is 4.79 Å². The highest BCUT2D eigenvalue weighted by atomic mass is 16.5. The van der Waals surface area contributed by atoms with E-state index in [4.69, 9.17) is 4.74 Å². The number of benzene rings is 1. The first-order valence-electron chi connectivity index (χ1n) is 7.51. The van der Waals surface area contributed by atoms with Crippen LogP contribution < -0.4 is 20.7 Å². The lowest BCUT2D eigenvalue weighted by Crippen LogP contribution is -2.32. The van der Waals surface area contributed by atoms with Gasteiger partial charge in [0, 0.05) is 13.0 Å². The third-order valence-electron chi connectivity index (χ3n) is 3.67. The molecule has 124 valence electrons. The van der Waals surface area contributed by atoms with Crippen molar-refractivity contribution < 1.29 is 19.1 Å². The van der Waals surface area contributed by atoms with Crippen molar-refractivity contribution in [2.75, 3.05) is 13.7 Å². The Hall–Kier alpha value is -2.57. The zero-order valence-corrected chi connectivity index (χ0v) is 13.3. The van der Waals surface area contributed by atoms with E-state index in [9.17, 15) is 14.4 Å². The van der Waals surface area contributed by atoms with Crippen LogP contribution in [0, 0.1) is 6.92 Å². The molecule has 7 heteroatoms. The summed E-state index contributed by atoms with van der Waals surface area (Å²) in [6, 6.07) is 4.79. The van der Waals surface area contributed by atoms with Crippen LogP contribution in [0.1, 0.15) is 24.0 Å². The van der Waals surface area contributed by atoms with Gasteiger partial charge in [-0.25, -0.2) is 4.79 Å². The van der Waals surface area contributed by atoms with E-state index in [1.54, 1.807) is 7.11 Å². The van der Waals surface area contributed by atoms with Crippen molar-refractivity contribution in [2.24, 2.45) is 0 Å². The molecular weight excluding hydrogens is 298 g/mol. The van der Waals surface area contributed by atoms with Gasteiger partial charge in [-0.05, 0) is 31.4 Å². The van der Waals surface area contributed by atoms with E-state index in [-0.39, 0.29) is 24.7 Å². The number of nitrogens with one attached hydrogen (secondary N) is 3. The summed E-state index contributed by atoms with van der Waals surface area (Å²) in [4.78, 5) is 34.1. The Bertz CT molecular complexity index is 615. The summed E-state index contributed by atoms with van der Waals surface area (Å²) in [5.74, 6) is 0.271. The van der Waals surface area contributed by atoms with Crippen molar-refractivity contribution in [3.05, 3.63) is 29.3 Å². The number of hydrogen-bond donors (Lipinski definition) is 3. The van der Waals surface area contributed by atoms with E-state index in [1.807, 2.05) is 25.1 Å². The van der Waals surface area contributed by atoms with E-state index in [1.165, 1.54) is 0 Å². The smallest absolute Gasteiger partial charge is 0.322 e. The minimum atomic E-state index is -0.620. The molecule has 3 N–H and O–H groups in total. The Kier molecular flexibility index (Phi) is 5.56. The van der Waals surface area contributed by atoms with Crippen LogP contribution in [-0.4, -0.2) is 37.5 Å². The number of amides is 4. The Labute approximate surface area is 134 Å². The molecule has 0 saturated carbocycles. The molecule has 1 aromatic carbocycles. The lowest BCUT2D eigenvalue weighted by atomic mass is 10.1. The monoisotopic (exact) mass is 319 g/mol. The summed E-state index contributed by atoms with van der Waals surface area (Å²) in [5, 5.41) is 7.42. The number of carbonyl (C=O) groups excluding carboxylic acids is 3. The number of rotatable bonds is 7. The summed E-state index contributed by atoms with van der Waals surface area (Å²) in [5.41, 5.74) is 2.17. The molecule has 0 aliphatic carbocycles. The van der Waals surface area contributed by atoms with Crippen molar-refractivity contribution in [3.63, 3.8) is 0 Å². The zero-order valence-electron chi connectivity index (χ0n) is 13.3. The molecular formula is C16H21N3O4. The fourth-order valence-corrected chi connectivity index (χ4v) is 2.47. The van der Waals surface area contributed by atoms with Gasteiger partial charge in [-0.15, -0.1) is 0 Å². The van der Waals surface area contributed by atoms with Gasteiger partial charge in [0.05, 0.1) is 7.11 Å². The van der Waals surface area contributed by atoms with Gasteiger partial charge >= 0.3 is 6.03 Å². The zero-order chi connectivity index (χ0) is 16.8. The van der Waals surface area contributed by atoms with Gasteiger partial charge in [-0.2, -0.15) is 0 Å². The van der Waals surface area contributed by atoms with Crippen LogP contribution in [-0.2, 0) is 16.0 Å². The van der Waals surface area contributed by atoms with E-state index in [0.717, 1.165) is 16.9 Å². The third kappa shape index (κ3) is 4.70. The largest absolute Gasteiger partial charge is 0.496 e. The van der Waals surface area contributed by atoms with Crippen LogP contribution in [0.15, 0.2) is 18.2 Å². The third-order valence-corrected chi connectivity index (χ3v) is 3.67. The summed E-state index contributed by atoms with van der Waals surface area (Å²) >= 11 is 0. The number of urea groups is 1. The first kappa shape index (κ1) is 16.8. The predicted molar refractivity (Wildman–Crippen MR) is 84.1 cm³/mol. The van der Waals surface area contributed by atoms with Gasteiger partial charge in [0.2, 0.25) is 5.91 Å². The molecule has 0 spiro atoms. The number of methoxy groups -OCH3 is 1. The van der Waals surface area contributed by atoms with E-state index in [2.05, 4.69) is 16.0 Å². The van der Waals surface area contributed by atoms with Crippen LogP contribution in [0.2, 0.25) is 0 Å². The summed E-state index contributed by atoms with van der Waals surface area (Å²) in [6.07, 6.45) is 1.14. The van der Waals surface area contributed by atoms with Gasteiger partial charge in [-0.1, -0.05) is 17.7 Å². The highest BCUT2D eigenvalue weighted by molar-refractivity contribution is 6.04. The molecule has 1 aliphatic heterocycles. The predicted octanol–water partition coefficient (Wildman–Crippen LogP) is 0.651. The summed E-state index contributed by atoms with van der Waals surface area (Å²) in [6.45, 7) is 2.49. The topological polar surface area (TPSA) is 96.5 Å². The lowest BCUT2D eigenvalue weighted by Gasteiger charge is -2.11. The number of imide groups is 1. The van der Waals surface area contributed by atoms with Gasteiger partial charge in [0.1, 0.15) is 11.8 Å². The second-order valence-electron chi connectivity index (χ2n) is 5.47. The normalized spacial score (nSPS) is 16.7. The molecule has 7 nitrogen and oxygen atoms in total. The van der Waals surface area contributed by atoms with Crippen LogP contribution >= 0.6 is 0 Å². The highest BCUT2D eigenvalue weighted by Gasteiger charge is 2.29. The highest BCUT2D eigenvalue weighted by Crippen LogP contribution is 2.19. The Morgan fingerprint density at radius 3 is 2.78 bits per heavy atom. The van der Waals surface area contributed by atoms with Crippen molar-refractivity contribution in [3.8, 4) is 5.75 Å². The molecule has 1 saturated heterocycles. The van der Waals surface area contributed by atoms with Gasteiger partial charge in [0.15, 0.2) is 0 Å². The molecule has 0 aromatic heterocycles. The molecule has 23 heavy (non-hydrogen) atoms. The molecule has 1 aromatic rings. The SMILES string of the molecule is COc1ccc(C)cc1CCNC(=O)CC[C@@H]1NC(=O)NC1=O. The van der Waals surface area contributed by atoms with Crippen LogP contribution in [0.3, 0.4) is 0 Å². The van der Waals surface area contributed by atoms with Crippen LogP contribution in [0.25, 0.3) is 0 Å². The first-order chi connectivity index (χ1) is 11.0. The van der Waals surface area contributed by atoms with E-state index >= 15 is 0 Å². The molecule has 0 unspecified atom stereocenters. The maximum absolute atomic E-state index is 11.8. The quantitative estimate of drug-likeness (QED) is 0.643. The number of carbonyl (C=O) groups is 3.